The lowest BCUT2D eigenvalue weighted by atomic mass is 10.0. The van der Waals surface area contributed by atoms with Crippen LogP contribution in [0.25, 0.3) is 0 Å². The lowest BCUT2D eigenvalue weighted by Crippen LogP contribution is -2.35. The summed E-state index contributed by atoms with van der Waals surface area (Å²) in [5.74, 6) is -0.133. The quantitative estimate of drug-likeness (QED) is 0.388. The molecule has 1 heterocycles. The highest BCUT2D eigenvalue weighted by Gasteiger charge is 2.29. The van der Waals surface area contributed by atoms with Crippen molar-refractivity contribution in [2.75, 3.05) is 23.3 Å². The number of benzene rings is 3. The molecular formula is C23H20ClN3O6S. The van der Waals surface area contributed by atoms with Gasteiger partial charge in [-0.15, -0.1) is 0 Å². The van der Waals surface area contributed by atoms with Gasteiger partial charge in [-0.05, 0) is 73.0 Å². The predicted molar refractivity (Wildman–Crippen MR) is 128 cm³/mol. The third-order valence-corrected chi connectivity index (χ3v) is 7.52. The number of amides is 1. The van der Waals surface area contributed by atoms with Crippen molar-refractivity contribution in [3.8, 4) is 5.75 Å². The topological polar surface area (TPSA) is 119 Å². The van der Waals surface area contributed by atoms with Gasteiger partial charge in [0, 0.05) is 23.3 Å². The molecule has 1 amide bonds. The minimum atomic E-state index is -3.80. The van der Waals surface area contributed by atoms with Crippen molar-refractivity contribution in [3.63, 3.8) is 0 Å². The summed E-state index contributed by atoms with van der Waals surface area (Å²) in [6, 6.07) is 14.8. The third-order valence-electron chi connectivity index (χ3n) is 5.46. The Morgan fingerprint density at radius 1 is 1.12 bits per heavy atom. The first kappa shape index (κ1) is 23.5. The van der Waals surface area contributed by atoms with E-state index in [4.69, 9.17) is 16.3 Å². The molecule has 9 nitrogen and oxygen atoms in total. The smallest absolute Gasteiger partial charge is 0.282 e. The number of fused-ring (bicyclic) bond motifs is 1. The molecule has 1 aliphatic rings. The van der Waals surface area contributed by atoms with E-state index in [9.17, 15) is 23.3 Å². The predicted octanol–water partition coefficient (Wildman–Crippen LogP) is 4.65. The number of carbonyl (C=O) groups excluding carboxylic acids is 1. The summed E-state index contributed by atoms with van der Waals surface area (Å²) in [5.41, 5.74) is 1.12. The number of rotatable bonds is 6. The number of sulfonamides is 1. The van der Waals surface area contributed by atoms with Crippen molar-refractivity contribution in [3.05, 3.63) is 86.9 Å². The van der Waals surface area contributed by atoms with E-state index in [-0.39, 0.29) is 21.2 Å². The first-order valence-electron chi connectivity index (χ1n) is 10.3. The normalized spacial score (nSPS) is 13.2. The number of hydrogen-bond acceptors (Lipinski definition) is 6. The number of nitro benzene ring substituents is 1. The van der Waals surface area contributed by atoms with Gasteiger partial charge in [-0.25, -0.2) is 8.42 Å². The summed E-state index contributed by atoms with van der Waals surface area (Å²) in [4.78, 5) is 23.5. The average molecular weight is 502 g/mol. The number of hydrogen-bond donors (Lipinski definition) is 1. The van der Waals surface area contributed by atoms with E-state index in [0.29, 0.717) is 36.5 Å². The van der Waals surface area contributed by atoms with Gasteiger partial charge in [-0.2, -0.15) is 0 Å². The van der Waals surface area contributed by atoms with Gasteiger partial charge in [0.05, 0.1) is 22.6 Å². The Morgan fingerprint density at radius 2 is 1.85 bits per heavy atom. The number of halogens is 1. The van der Waals surface area contributed by atoms with Gasteiger partial charge in [-0.3, -0.25) is 19.2 Å². The minimum Gasteiger partial charge on any atom is -0.497 e. The zero-order valence-electron chi connectivity index (χ0n) is 18.0. The third kappa shape index (κ3) is 4.55. The minimum absolute atomic E-state index is 0.145. The maximum atomic E-state index is 13.3. The van der Waals surface area contributed by atoms with Gasteiger partial charge < -0.3 is 10.1 Å². The molecule has 1 aliphatic heterocycles. The Hall–Kier alpha value is -3.63. The van der Waals surface area contributed by atoms with Crippen LogP contribution in [0.2, 0.25) is 5.02 Å². The highest BCUT2D eigenvalue weighted by molar-refractivity contribution is 7.92. The van der Waals surface area contributed by atoms with E-state index >= 15 is 0 Å². The largest absolute Gasteiger partial charge is 0.497 e. The molecule has 176 valence electrons. The Morgan fingerprint density at radius 3 is 2.53 bits per heavy atom. The van der Waals surface area contributed by atoms with E-state index in [1.54, 1.807) is 30.3 Å². The van der Waals surface area contributed by atoms with Gasteiger partial charge in [0.1, 0.15) is 11.3 Å². The van der Waals surface area contributed by atoms with Crippen molar-refractivity contribution in [1.29, 1.82) is 0 Å². The summed E-state index contributed by atoms with van der Waals surface area (Å²) in [5, 5.41) is 14.1. The van der Waals surface area contributed by atoms with Crippen LogP contribution in [0.3, 0.4) is 0 Å². The van der Waals surface area contributed by atoms with Crippen molar-refractivity contribution in [2.45, 2.75) is 17.7 Å². The second-order valence-electron chi connectivity index (χ2n) is 7.57. The molecule has 4 rings (SSSR count). The van der Waals surface area contributed by atoms with Gasteiger partial charge in [0.25, 0.3) is 21.6 Å². The number of anilines is 2. The number of nitrogens with zero attached hydrogens (tertiary/aromatic N) is 2. The molecule has 0 fully saturated rings. The van der Waals surface area contributed by atoms with Gasteiger partial charge in [-0.1, -0.05) is 11.6 Å². The molecular weight excluding hydrogens is 482 g/mol. The summed E-state index contributed by atoms with van der Waals surface area (Å²) in [6.07, 6.45) is 1.21. The monoisotopic (exact) mass is 501 g/mol. The van der Waals surface area contributed by atoms with Crippen molar-refractivity contribution >= 4 is 44.6 Å². The van der Waals surface area contributed by atoms with Crippen LogP contribution in [-0.4, -0.2) is 32.9 Å². The second kappa shape index (κ2) is 9.32. The summed E-state index contributed by atoms with van der Waals surface area (Å²) < 4.78 is 33.0. The Bertz CT molecular complexity index is 1380. The summed E-state index contributed by atoms with van der Waals surface area (Å²) in [7, 11) is -2.29. The van der Waals surface area contributed by atoms with Crippen LogP contribution in [0.1, 0.15) is 22.3 Å². The summed E-state index contributed by atoms with van der Waals surface area (Å²) in [6.45, 7) is 0.321. The fraction of sp³-hybridized carbons (Fsp3) is 0.174. The van der Waals surface area contributed by atoms with Crippen LogP contribution in [0, 0.1) is 10.1 Å². The fourth-order valence-corrected chi connectivity index (χ4v) is 5.53. The van der Waals surface area contributed by atoms with Crippen LogP contribution in [0.15, 0.2) is 65.6 Å². The molecule has 0 spiro atoms. The molecule has 0 aliphatic carbocycles. The molecule has 0 bridgehead atoms. The first-order chi connectivity index (χ1) is 16.2. The zero-order valence-corrected chi connectivity index (χ0v) is 19.6. The molecule has 0 radical (unpaired) electrons. The Labute approximate surface area is 201 Å². The second-order valence-corrected chi connectivity index (χ2v) is 9.87. The average Bonchev–Trinajstić information content (AvgIpc) is 2.83. The zero-order chi connectivity index (χ0) is 24.5. The maximum absolute atomic E-state index is 13.3. The van der Waals surface area contributed by atoms with Gasteiger partial charge in [0.15, 0.2) is 0 Å². The van der Waals surface area contributed by atoms with Crippen LogP contribution in [0.5, 0.6) is 5.75 Å². The van der Waals surface area contributed by atoms with Crippen LogP contribution in [-0.2, 0) is 16.4 Å². The standard InChI is InChI=1S/C23H20ClN3O6S/c1-33-18-6-8-19(9-7-18)34(31,32)26-12-2-3-15-13-17(5-11-21(15)26)25-23(28)20-14-16(24)4-10-22(20)27(29)30/h4-11,13-14H,2-3,12H2,1H3,(H,25,28). The van der Waals surface area contributed by atoms with Crippen LogP contribution >= 0.6 is 11.6 Å². The van der Waals surface area contributed by atoms with Gasteiger partial charge in [0.2, 0.25) is 0 Å². The fourth-order valence-electron chi connectivity index (χ4n) is 3.81. The number of ether oxygens (including phenoxy) is 1. The molecule has 1 N–H and O–H groups in total. The molecule has 0 saturated carbocycles. The molecule has 0 aromatic heterocycles. The maximum Gasteiger partial charge on any atom is 0.282 e. The van der Waals surface area contributed by atoms with Crippen LogP contribution < -0.4 is 14.4 Å². The van der Waals surface area contributed by atoms with E-state index in [1.807, 2.05) is 0 Å². The lowest BCUT2D eigenvalue weighted by Gasteiger charge is -2.31. The number of nitro groups is 1. The molecule has 3 aromatic rings. The van der Waals surface area contributed by atoms with Crippen molar-refractivity contribution in [2.24, 2.45) is 0 Å². The molecule has 11 heteroatoms. The van der Waals surface area contributed by atoms with E-state index in [0.717, 1.165) is 5.56 Å². The Kier molecular flexibility index (Phi) is 6.45. The molecule has 0 saturated heterocycles. The lowest BCUT2D eigenvalue weighted by molar-refractivity contribution is -0.385. The number of methoxy groups -OCH3 is 1. The SMILES string of the molecule is COc1ccc(S(=O)(=O)N2CCCc3cc(NC(=O)c4cc(Cl)ccc4[N+](=O)[O-])ccc32)cc1. The van der Waals surface area contributed by atoms with Crippen LogP contribution in [0.4, 0.5) is 17.1 Å². The van der Waals surface area contributed by atoms with E-state index in [2.05, 4.69) is 5.32 Å². The molecule has 0 atom stereocenters. The number of aryl methyl sites for hydroxylation is 1. The van der Waals surface area contributed by atoms with E-state index < -0.39 is 20.9 Å². The van der Waals surface area contributed by atoms with Crippen molar-refractivity contribution < 1.29 is 22.9 Å². The molecule has 3 aromatic carbocycles. The molecule has 34 heavy (non-hydrogen) atoms. The highest BCUT2D eigenvalue weighted by Crippen LogP contribution is 2.34. The van der Waals surface area contributed by atoms with E-state index in [1.165, 1.54) is 41.7 Å². The Balaban J connectivity index is 1.62. The highest BCUT2D eigenvalue weighted by atomic mass is 35.5. The number of nitrogens with one attached hydrogen (secondary N) is 1. The molecule has 0 unspecified atom stereocenters. The summed E-state index contributed by atoms with van der Waals surface area (Å²) >= 11 is 5.92. The number of carbonyl (C=O) groups is 1. The van der Waals surface area contributed by atoms with Crippen molar-refractivity contribution in [1.82, 2.24) is 0 Å². The first-order valence-corrected chi connectivity index (χ1v) is 12.1. The van der Waals surface area contributed by atoms with Gasteiger partial charge >= 0.3 is 0 Å².